The molecule has 30 heavy (non-hydrogen) atoms. The van der Waals surface area contributed by atoms with Gasteiger partial charge in [0.05, 0.1) is 4.90 Å². The Kier molecular flexibility index (Phi) is 6.45. The fourth-order valence-electron chi connectivity index (χ4n) is 3.07. The SMILES string of the molecule is Cc1ccc(S(=O)(=O)N2CCC2)cc1-c1cc(Cl)ccc1OCC(=O)OC(C)(C)C. The van der Waals surface area contributed by atoms with Crippen molar-refractivity contribution < 1.29 is 22.7 Å². The van der Waals surface area contributed by atoms with Crippen LogP contribution in [0, 0.1) is 6.92 Å². The van der Waals surface area contributed by atoms with Gasteiger partial charge < -0.3 is 9.47 Å². The zero-order valence-corrected chi connectivity index (χ0v) is 19.1. The topological polar surface area (TPSA) is 72.9 Å². The Hall–Kier alpha value is -2.09. The second-order valence-electron chi connectivity index (χ2n) is 8.25. The molecule has 0 amide bonds. The number of ether oxygens (including phenoxy) is 2. The van der Waals surface area contributed by atoms with E-state index in [-0.39, 0.29) is 11.5 Å². The lowest BCUT2D eigenvalue weighted by atomic mass is 10.00. The highest BCUT2D eigenvalue weighted by molar-refractivity contribution is 7.89. The third kappa shape index (κ3) is 5.14. The maximum Gasteiger partial charge on any atom is 0.344 e. The van der Waals surface area contributed by atoms with Crippen molar-refractivity contribution in [1.29, 1.82) is 0 Å². The molecule has 0 aromatic heterocycles. The summed E-state index contributed by atoms with van der Waals surface area (Å²) in [5.41, 5.74) is 1.55. The van der Waals surface area contributed by atoms with Gasteiger partial charge in [0.15, 0.2) is 6.61 Å². The zero-order valence-electron chi connectivity index (χ0n) is 17.6. The largest absolute Gasteiger partial charge is 0.481 e. The number of carbonyl (C=O) groups excluding carboxylic acids is 1. The van der Waals surface area contributed by atoms with Crippen LogP contribution >= 0.6 is 11.6 Å². The van der Waals surface area contributed by atoms with Crippen molar-refractivity contribution in [2.75, 3.05) is 19.7 Å². The minimum atomic E-state index is -3.53. The molecule has 0 aliphatic carbocycles. The molecule has 1 aliphatic rings. The molecule has 0 radical (unpaired) electrons. The van der Waals surface area contributed by atoms with Gasteiger partial charge in [-0.25, -0.2) is 13.2 Å². The maximum absolute atomic E-state index is 12.8. The first-order chi connectivity index (χ1) is 14.0. The highest BCUT2D eigenvalue weighted by Gasteiger charge is 2.30. The first kappa shape index (κ1) is 22.6. The minimum absolute atomic E-state index is 0.223. The molecule has 0 saturated carbocycles. The van der Waals surface area contributed by atoms with Gasteiger partial charge >= 0.3 is 5.97 Å². The van der Waals surface area contributed by atoms with Crippen molar-refractivity contribution in [3.8, 4) is 16.9 Å². The lowest BCUT2D eigenvalue weighted by Crippen LogP contribution is -2.41. The first-order valence-corrected chi connectivity index (χ1v) is 11.5. The quantitative estimate of drug-likeness (QED) is 0.607. The van der Waals surface area contributed by atoms with E-state index in [0.717, 1.165) is 12.0 Å². The summed E-state index contributed by atoms with van der Waals surface area (Å²) in [5, 5.41) is 0.477. The number of sulfonamides is 1. The summed E-state index contributed by atoms with van der Waals surface area (Å²) in [7, 11) is -3.53. The van der Waals surface area contributed by atoms with Crippen LogP contribution in [0.2, 0.25) is 5.02 Å². The summed E-state index contributed by atoms with van der Waals surface area (Å²) in [6.45, 7) is 8.04. The molecule has 2 aromatic rings. The molecule has 8 heteroatoms. The van der Waals surface area contributed by atoms with Crippen LogP contribution in [0.1, 0.15) is 32.8 Å². The Bertz CT molecular complexity index is 1060. The molecule has 3 rings (SSSR count). The molecule has 1 fully saturated rings. The monoisotopic (exact) mass is 451 g/mol. The summed E-state index contributed by atoms with van der Waals surface area (Å²) in [6, 6.07) is 10.0. The number of halogens is 1. The van der Waals surface area contributed by atoms with Gasteiger partial charge in [-0.05, 0) is 75.6 Å². The molecule has 1 heterocycles. The maximum atomic E-state index is 12.8. The second-order valence-corrected chi connectivity index (χ2v) is 10.6. The number of aryl methyl sites for hydroxylation is 1. The number of carbonyl (C=O) groups is 1. The predicted molar refractivity (Wildman–Crippen MR) is 116 cm³/mol. The third-order valence-corrected chi connectivity index (χ3v) is 6.79. The predicted octanol–water partition coefficient (Wildman–Crippen LogP) is 4.43. The number of hydrogen-bond acceptors (Lipinski definition) is 5. The van der Waals surface area contributed by atoms with Crippen LogP contribution in [-0.4, -0.2) is 44.0 Å². The summed E-state index contributed by atoms with van der Waals surface area (Å²) >= 11 is 6.21. The lowest BCUT2D eigenvalue weighted by molar-refractivity contribution is -0.157. The average molecular weight is 452 g/mol. The Labute approximate surface area is 182 Å². The van der Waals surface area contributed by atoms with Crippen LogP contribution in [0.5, 0.6) is 5.75 Å². The van der Waals surface area contributed by atoms with E-state index in [1.165, 1.54) is 4.31 Å². The van der Waals surface area contributed by atoms with E-state index in [1.54, 1.807) is 57.2 Å². The summed E-state index contributed by atoms with van der Waals surface area (Å²) in [4.78, 5) is 12.3. The van der Waals surface area contributed by atoms with Crippen molar-refractivity contribution >= 4 is 27.6 Å². The highest BCUT2D eigenvalue weighted by Crippen LogP contribution is 2.36. The van der Waals surface area contributed by atoms with Crippen LogP contribution in [0.25, 0.3) is 11.1 Å². The van der Waals surface area contributed by atoms with E-state index in [4.69, 9.17) is 21.1 Å². The number of hydrogen-bond donors (Lipinski definition) is 0. The molecule has 6 nitrogen and oxygen atoms in total. The average Bonchev–Trinajstić information content (AvgIpc) is 2.57. The number of benzene rings is 2. The summed E-state index contributed by atoms with van der Waals surface area (Å²) in [5.74, 6) is -0.0684. The van der Waals surface area contributed by atoms with Gasteiger partial charge in [0.25, 0.3) is 0 Å². The van der Waals surface area contributed by atoms with E-state index in [9.17, 15) is 13.2 Å². The lowest BCUT2D eigenvalue weighted by Gasteiger charge is -2.30. The Morgan fingerprint density at radius 3 is 2.40 bits per heavy atom. The molecule has 0 atom stereocenters. The second kappa shape index (κ2) is 8.57. The van der Waals surface area contributed by atoms with Gasteiger partial charge in [-0.1, -0.05) is 17.7 Å². The van der Waals surface area contributed by atoms with Crippen LogP contribution in [-0.2, 0) is 19.6 Å². The van der Waals surface area contributed by atoms with Crippen molar-refractivity contribution in [2.24, 2.45) is 0 Å². The van der Waals surface area contributed by atoms with Crippen molar-refractivity contribution in [3.63, 3.8) is 0 Å². The molecule has 0 bridgehead atoms. The minimum Gasteiger partial charge on any atom is -0.481 e. The summed E-state index contributed by atoms with van der Waals surface area (Å²) < 4.78 is 38.1. The van der Waals surface area contributed by atoms with Gasteiger partial charge in [-0.15, -0.1) is 0 Å². The van der Waals surface area contributed by atoms with Gasteiger partial charge in [0, 0.05) is 23.7 Å². The Morgan fingerprint density at radius 1 is 1.10 bits per heavy atom. The molecule has 0 unspecified atom stereocenters. The van der Waals surface area contributed by atoms with E-state index in [2.05, 4.69) is 0 Å². The van der Waals surface area contributed by atoms with Gasteiger partial charge in [0.1, 0.15) is 11.4 Å². The van der Waals surface area contributed by atoms with Crippen molar-refractivity contribution in [2.45, 2.75) is 44.6 Å². The summed E-state index contributed by atoms with van der Waals surface area (Å²) in [6.07, 6.45) is 0.870. The molecule has 2 aromatic carbocycles. The molecular formula is C22H26ClNO5S. The van der Waals surface area contributed by atoms with E-state index in [1.807, 2.05) is 6.92 Å². The smallest absolute Gasteiger partial charge is 0.344 e. The van der Waals surface area contributed by atoms with Crippen LogP contribution in [0.15, 0.2) is 41.3 Å². The number of nitrogens with zero attached hydrogens (tertiary/aromatic N) is 1. The van der Waals surface area contributed by atoms with Crippen molar-refractivity contribution in [1.82, 2.24) is 4.31 Å². The number of esters is 1. The third-order valence-electron chi connectivity index (χ3n) is 4.66. The van der Waals surface area contributed by atoms with Crippen LogP contribution < -0.4 is 4.74 Å². The number of rotatable bonds is 6. The molecule has 0 spiro atoms. The molecule has 162 valence electrons. The van der Waals surface area contributed by atoms with Crippen molar-refractivity contribution in [3.05, 3.63) is 47.0 Å². The zero-order chi connectivity index (χ0) is 22.1. The molecule has 1 aliphatic heterocycles. The first-order valence-electron chi connectivity index (χ1n) is 9.73. The van der Waals surface area contributed by atoms with Gasteiger partial charge in [0.2, 0.25) is 10.0 Å². The van der Waals surface area contributed by atoms with Crippen LogP contribution in [0.4, 0.5) is 0 Å². The van der Waals surface area contributed by atoms with E-state index < -0.39 is 21.6 Å². The normalized spacial score (nSPS) is 14.8. The van der Waals surface area contributed by atoms with E-state index >= 15 is 0 Å². The molecular weight excluding hydrogens is 426 g/mol. The fraction of sp³-hybridized carbons (Fsp3) is 0.409. The molecule has 0 N–H and O–H groups in total. The van der Waals surface area contributed by atoms with Gasteiger partial charge in [-0.2, -0.15) is 4.31 Å². The Morgan fingerprint density at radius 2 is 1.80 bits per heavy atom. The standard InChI is InChI=1S/C22H26ClNO5S/c1-15-6-8-17(30(26,27)24-10-5-11-24)13-18(15)19-12-16(23)7-9-20(19)28-14-21(25)29-22(2,3)4/h6-9,12-13H,5,10-11,14H2,1-4H3. The highest BCUT2D eigenvalue weighted by atomic mass is 35.5. The Balaban J connectivity index is 1.94. The van der Waals surface area contributed by atoms with Crippen LogP contribution in [0.3, 0.4) is 0 Å². The fourth-order valence-corrected chi connectivity index (χ4v) is 4.79. The molecule has 1 saturated heterocycles. The van der Waals surface area contributed by atoms with E-state index in [0.29, 0.717) is 35.0 Å². The van der Waals surface area contributed by atoms with Gasteiger partial charge in [-0.3, -0.25) is 0 Å².